The van der Waals surface area contributed by atoms with Gasteiger partial charge in [0.1, 0.15) is 11.6 Å². The van der Waals surface area contributed by atoms with Gasteiger partial charge in [0, 0.05) is 11.3 Å². The van der Waals surface area contributed by atoms with E-state index in [9.17, 15) is 10.1 Å². The van der Waals surface area contributed by atoms with Crippen LogP contribution in [0.3, 0.4) is 0 Å². The molecule has 152 valence electrons. The van der Waals surface area contributed by atoms with Crippen molar-refractivity contribution in [2.24, 2.45) is 0 Å². The summed E-state index contributed by atoms with van der Waals surface area (Å²) in [5.41, 5.74) is 4.64. The largest absolute Gasteiger partial charge is 0.300 e. The van der Waals surface area contributed by atoms with Crippen LogP contribution in [0.2, 0.25) is 0 Å². The number of rotatable bonds is 7. The summed E-state index contributed by atoms with van der Waals surface area (Å²) in [6.07, 6.45) is 1.93. The van der Waals surface area contributed by atoms with Gasteiger partial charge >= 0.3 is 0 Å². The Labute approximate surface area is 185 Å². The molecule has 1 aromatic heterocycles. The summed E-state index contributed by atoms with van der Waals surface area (Å²) in [4.78, 5) is 19.8. The molecule has 4 rings (SSSR count). The molecule has 0 aliphatic carbocycles. The predicted molar refractivity (Wildman–Crippen MR) is 125 cm³/mol. The Morgan fingerprint density at radius 3 is 2.19 bits per heavy atom. The summed E-state index contributed by atoms with van der Waals surface area (Å²) < 4.78 is 0. The van der Waals surface area contributed by atoms with Crippen molar-refractivity contribution in [1.82, 2.24) is 9.97 Å². The average Bonchev–Trinajstić information content (AvgIpc) is 2.83. The monoisotopic (exact) mass is 423 g/mol. The van der Waals surface area contributed by atoms with Crippen molar-refractivity contribution in [3.8, 4) is 17.3 Å². The summed E-state index contributed by atoms with van der Waals surface area (Å²) in [5.74, 6) is 0.689. The van der Waals surface area contributed by atoms with Gasteiger partial charge in [0.2, 0.25) is 0 Å². The molecule has 0 saturated carbocycles. The Hall–Kier alpha value is -3.62. The van der Waals surface area contributed by atoms with Crippen molar-refractivity contribution in [2.45, 2.75) is 23.8 Å². The smallest absolute Gasteiger partial charge is 0.270 e. The van der Waals surface area contributed by atoms with Gasteiger partial charge in [0.15, 0.2) is 5.16 Å². The second-order valence-corrected chi connectivity index (χ2v) is 8.08. The van der Waals surface area contributed by atoms with Crippen LogP contribution < -0.4 is 5.56 Å². The molecule has 1 heterocycles. The fourth-order valence-corrected chi connectivity index (χ4v) is 4.34. The lowest BCUT2D eigenvalue weighted by molar-refractivity contribution is 0.929. The highest BCUT2D eigenvalue weighted by Gasteiger charge is 2.14. The highest BCUT2D eigenvalue weighted by molar-refractivity contribution is 7.98. The Morgan fingerprint density at radius 1 is 0.839 bits per heavy atom. The van der Waals surface area contributed by atoms with E-state index in [4.69, 9.17) is 0 Å². The maximum Gasteiger partial charge on any atom is 0.270 e. The minimum absolute atomic E-state index is 0.0406. The zero-order chi connectivity index (χ0) is 21.5. The maximum atomic E-state index is 12.5. The standard InChI is InChI=1S/C26H21N3OS/c27-17-23-24(21-12-5-2-6-13-21)28-26(29-25(23)30)31-18-22-14-8-7-11-20(22)16-15-19-9-3-1-4-10-19/h1-14H,15-16,18H2,(H,28,29,30). The fourth-order valence-electron chi connectivity index (χ4n) is 3.44. The van der Waals surface area contributed by atoms with Gasteiger partial charge in [-0.3, -0.25) is 4.79 Å². The second-order valence-electron chi connectivity index (χ2n) is 7.12. The first-order valence-corrected chi connectivity index (χ1v) is 11.1. The third kappa shape index (κ3) is 5.11. The molecule has 0 aliphatic rings. The first kappa shape index (κ1) is 20.6. The molecule has 0 saturated heterocycles. The normalized spacial score (nSPS) is 10.5. The number of H-pyrrole nitrogens is 1. The topological polar surface area (TPSA) is 69.5 Å². The van der Waals surface area contributed by atoms with Crippen molar-refractivity contribution in [2.75, 3.05) is 0 Å². The van der Waals surface area contributed by atoms with Crippen molar-refractivity contribution in [3.63, 3.8) is 0 Å². The zero-order valence-electron chi connectivity index (χ0n) is 16.9. The minimum atomic E-state index is -0.406. The van der Waals surface area contributed by atoms with Crippen LogP contribution in [0.15, 0.2) is 94.9 Å². The summed E-state index contributed by atoms with van der Waals surface area (Å²) in [6.45, 7) is 0. The molecule has 0 bridgehead atoms. The SMILES string of the molecule is N#Cc1c(-c2ccccc2)nc(SCc2ccccc2CCc2ccccc2)[nH]c1=O. The molecule has 5 heteroatoms. The van der Waals surface area contributed by atoms with Crippen LogP contribution in [0.5, 0.6) is 0 Å². The number of aryl methyl sites for hydroxylation is 2. The fraction of sp³-hybridized carbons (Fsp3) is 0.115. The molecule has 0 fully saturated rings. The first-order valence-electron chi connectivity index (χ1n) is 10.1. The molecule has 0 radical (unpaired) electrons. The summed E-state index contributed by atoms with van der Waals surface area (Å²) in [5, 5.41) is 9.95. The molecule has 0 amide bonds. The number of hydrogen-bond acceptors (Lipinski definition) is 4. The van der Waals surface area contributed by atoms with Crippen LogP contribution in [0, 0.1) is 11.3 Å². The predicted octanol–water partition coefficient (Wildman–Crippen LogP) is 5.39. The van der Waals surface area contributed by atoms with E-state index in [1.54, 1.807) is 0 Å². The van der Waals surface area contributed by atoms with Gasteiger partial charge in [0.25, 0.3) is 5.56 Å². The van der Waals surface area contributed by atoms with Crippen LogP contribution in [0.1, 0.15) is 22.3 Å². The number of thioether (sulfide) groups is 1. The van der Waals surface area contributed by atoms with E-state index in [0.717, 1.165) is 18.4 Å². The average molecular weight is 424 g/mol. The number of aromatic nitrogens is 2. The van der Waals surface area contributed by atoms with Gasteiger partial charge in [-0.2, -0.15) is 5.26 Å². The van der Waals surface area contributed by atoms with Crippen molar-refractivity contribution in [1.29, 1.82) is 5.26 Å². The second kappa shape index (κ2) is 9.92. The zero-order valence-corrected chi connectivity index (χ0v) is 17.7. The molecule has 1 N–H and O–H groups in total. The van der Waals surface area contributed by atoms with E-state index in [1.807, 2.05) is 48.5 Å². The number of aromatic amines is 1. The molecule has 0 aliphatic heterocycles. The molecule has 31 heavy (non-hydrogen) atoms. The van der Waals surface area contributed by atoms with Crippen molar-refractivity contribution >= 4 is 11.8 Å². The van der Waals surface area contributed by atoms with Crippen LogP contribution in [-0.2, 0) is 18.6 Å². The van der Waals surface area contributed by atoms with Gasteiger partial charge in [0.05, 0.1) is 5.69 Å². The lowest BCUT2D eigenvalue weighted by Crippen LogP contribution is -2.14. The Morgan fingerprint density at radius 2 is 1.48 bits per heavy atom. The van der Waals surface area contributed by atoms with Gasteiger partial charge < -0.3 is 4.98 Å². The third-order valence-corrected chi connectivity index (χ3v) is 5.99. The number of nitrogens with one attached hydrogen (secondary N) is 1. The quantitative estimate of drug-likeness (QED) is 0.320. The number of hydrogen-bond donors (Lipinski definition) is 1. The molecule has 0 unspecified atom stereocenters. The lowest BCUT2D eigenvalue weighted by atomic mass is 10.0. The van der Waals surface area contributed by atoms with E-state index in [0.29, 0.717) is 16.6 Å². The van der Waals surface area contributed by atoms with Crippen molar-refractivity contribution < 1.29 is 0 Å². The molecular weight excluding hydrogens is 402 g/mol. The summed E-state index contributed by atoms with van der Waals surface area (Å²) in [6, 6.07) is 30.2. The highest BCUT2D eigenvalue weighted by atomic mass is 32.2. The molecule has 3 aromatic carbocycles. The van der Waals surface area contributed by atoms with E-state index in [-0.39, 0.29) is 5.56 Å². The summed E-state index contributed by atoms with van der Waals surface area (Å²) >= 11 is 1.48. The van der Waals surface area contributed by atoms with Gasteiger partial charge in [-0.05, 0) is 29.5 Å². The lowest BCUT2D eigenvalue weighted by Gasteiger charge is -2.10. The Kier molecular flexibility index (Phi) is 6.61. The molecule has 4 nitrogen and oxygen atoms in total. The summed E-state index contributed by atoms with van der Waals surface area (Å²) in [7, 11) is 0. The van der Waals surface area contributed by atoms with E-state index < -0.39 is 5.56 Å². The first-order chi connectivity index (χ1) is 15.2. The van der Waals surface area contributed by atoms with Gasteiger partial charge in [-0.1, -0.05) is 96.7 Å². The Bertz CT molecular complexity index is 1260. The molecule has 4 aromatic rings. The molecular formula is C26H21N3OS. The molecule has 0 spiro atoms. The van der Waals surface area contributed by atoms with Gasteiger partial charge in [-0.15, -0.1) is 0 Å². The van der Waals surface area contributed by atoms with Crippen LogP contribution in [0.25, 0.3) is 11.3 Å². The van der Waals surface area contributed by atoms with E-state index in [2.05, 4.69) is 52.4 Å². The van der Waals surface area contributed by atoms with Crippen LogP contribution in [-0.4, -0.2) is 9.97 Å². The maximum absolute atomic E-state index is 12.5. The van der Waals surface area contributed by atoms with Crippen LogP contribution in [0.4, 0.5) is 0 Å². The number of nitriles is 1. The van der Waals surface area contributed by atoms with E-state index >= 15 is 0 Å². The highest BCUT2D eigenvalue weighted by Crippen LogP contribution is 2.25. The van der Waals surface area contributed by atoms with Crippen LogP contribution >= 0.6 is 11.8 Å². The van der Waals surface area contributed by atoms with Gasteiger partial charge in [-0.25, -0.2) is 4.98 Å². The third-order valence-electron chi connectivity index (χ3n) is 5.07. The van der Waals surface area contributed by atoms with Crippen molar-refractivity contribution in [3.05, 3.63) is 118 Å². The molecule has 0 atom stereocenters. The van der Waals surface area contributed by atoms with E-state index in [1.165, 1.54) is 28.5 Å². The number of benzene rings is 3. The Balaban J connectivity index is 1.54. The number of nitrogens with zero attached hydrogens (tertiary/aromatic N) is 2. The minimum Gasteiger partial charge on any atom is -0.300 e.